The zero-order valence-corrected chi connectivity index (χ0v) is 24.2. The van der Waals surface area contributed by atoms with Crippen molar-refractivity contribution >= 4 is 35.0 Å². The van der Waals surface area contributed by atoms with Gasteiger partial charge in [0.05, 0.1) is 17.6 Å². The van der Waals surface area contributed by atoms with Crippen LogP contribution in [-0.4, -0.2) is 28.6 Å². The highest BCUT2D eigenvalue weighted by molar-refractivity contribution is 6.23. The maximum absolute atomic E-state index is 14.2. The summed E-state index contributed by atoms with van der Waals surface area (Å²) >= 11 is 0. The van der Waals surface area contributed by atoms with E-state index in [0.29, 0.717) is 11.4 Å². The first-order chi connectivity index (χ1) is 19.6. The SMILES string of the molecule is O=C(C1CCCCC1)N(C(=O)C1CCCCC1)c1ccncc1N(C(=O)C1CCCCC1)C(=O)C1CCCCC1. The Hall–Kier alpha value is -2.57. The number of pyridine rings is 1. The first-order valence-electron chi connectivity index (χ1n) is 16.3. The van der Waals surface area contributed by atoms with Crippen LogP contribution in [-0.2, 0) is 19.2 Å². The molecule has 7 heteroatoms. The van der Waals surface area contributed by atoms with Crippen LogP contribution in [0.2, 0.25) is 0 Å². The Morgan fingerprint density at radius 3 is 1.10 bits per heavy atom. The van der Waals surface area contributed by atoms with Gasteiger partial charge in [0.2, 0.25) is 23.6 Å². The third-order valence-electron chi connectivity index (χ3n) is 9.96. The largest absolute Gasteiger partial charge is 0.274 e. The molecule has 4 saturated carbocycles. The van der Waals surface area contributed by atoms with Crippen molar-refractivity contribution in [3.05, 3.63) is 18.5 Å². The first kappa shape index (κ1) is 28.9. The van der Waals surface area contributed by atoms with E-state index in [2.05, 4.69) is 4.98 Å². The Labute approximate surface area is 239 Å². The quantitative estimate of drug-likeness (QED) is 0.353. The molecule has 0 unspecified atom stereocenters. The second kappa shape index (κ2) is 13.9. The lowest BCUT2D eigenvalue weighted by Gasteiger charge is -2.36. The highest BCUT2D eigenvalue weighted by atomic mass is 16.2. The van der Waals surface area contributed by atoms with E-state index >= 15 is 0 Å². The standard InChI is InChI=1S/C33H47N3O4/c37-30(24-13-5-1-6-14-24)35(31(38)25-15-7-2-8-16-25)28-21-22-34-23-29(28)36(32(39)26-17-9-3-10-18-26)33(40)27-19-11-4-12-20-27/h21-27H,1-20H2. The van der Waals surface area contributed by atoms with Gasteiger partial charge < -0.3 is 0 Å². The van der Waals surface area contributed by atoms with E-state index in [4.69, 9.17) is 0 Å². The maximum Gasteiger partial charge on any atom is 0.236 e. The molecule has 40 heavy (non-hydrogen) atoms. The number of carbonyl (C=O) groups excluding carboxylic acids is 4. The van der Waals surface area contributed by atoms with Gasteiger partial charge in [-0.1, -0.05) is 77.0 Å². The highest BCUT2D eigenvalue weighted by Gasteiger charge is 2.41. The molecule has 0 atom stereocenters. The van der Waals surface area contributed by atoms with Gasteiger partial charge >= 0.3 is 0 Å². The molecule has 0 N–H and O–H groups in total. The van der Waals surface area contributed by atoms with Crippen LogP contribution in [0.25, 0.3) is 0 Å². The summed E-state index contributed by atoms with van der Waals surface area (Å²) in [6.07, 6.45) is 21.6. The summed E-state index contributed by atoms with van der Waals surface area (Å²) < 4.78 is 0. The molecule has 0 saturated heterocycles. The van der Waals surface area contributed by atoms with E-state index in [0.717, 1.165) is 128 Å². The first-order valence-corrected chi connectivity index (χ1v) is 16.3. The number of aromatic nitrogens is 1. The molecule has 1 aromatic rings. The molecule has 0 bridgehead atoms. The van der Waals surface area contributed by atoms with Crippen molar-refractivity contribution in [3.8, 4) is 0 Å². The number of anilines is 2. The fourth-order valence-electron chi connectivity index (χ4n) is 7.56. The summed E-state index contributed by atoms with van der Waals surface area (Å²) in [6.45, 7) is 0. The second-order valence-corrected chi connectivity index (χ2v) is 12.7. The number of imide groups is 2. The molecular formula is C33H47N3O4. The summed E-state index contributed by atoms with van der Waals surface area (Å²) in [4.78, 5) is 63.9. The molecule has 218 valence electrons. The van der Waals surface area contributed by atoms with Crippen LogP contribution >= 0.6 is 0 Å². The monoisotopic (exact) mass is 549 g/mol. The number of carbonyl (C=O) groups is 4. The molecule has 1 aromatic heterocycles. The van der Waals surface area contributed by atoms with Crippen molar-refractivity contribution in [2.45, 2.75) is 128 Å². The van der Waals surface area contributed by atoms with Crippen molar-refractivity contribution in [2.75, 3.05) is 9.80 Å². The Bertz CT molecular complexity index is 905. The van der Waals surface area contributed by atoms with Crippen molar-refractivity contribution in [1.29, 1.82) is 0 Å². The summed E-state index contributed by atoms with van der Waals surface area (Å²) in [7, 11) is 0. The van der Waals surface area contributed by atoms with Crippen LogP contribution in [0.1, 0.15) is 128 Å². The summed E-state index contributed by atoms with van der Waals surface area (Å²) in [6, 6.07) is 1.69. The smallest absolute Gasteiger partial charge is 0.236 e. The van der Waals surface area contributed by atoms with Gasteiger partial charge in [-0.2, -0.15) is 0 Å². The third-order valence-corrected chi connectivity index (χ3v) is 9.96. The molecule has 4 amide bonds. The van der Waals surface area contributed by atoms with E-state index in [1.54, 1.807) is 18.5 Å². The van der Waals surface area contributed by atoms with Crippen LogP contribution in [0.15, 0.2) is 18.5 Å². The number of amides is 4. The van der Waals surface area contributed by atoms with Gasteiger partial charge in [0.1, 0.15) is 0 Å². The van der Waals surface area contributed by atoms with Crippen molar-refractivity contribution < 1.29 is 19.2 Å². The lowest BCUT2D eigenvalue weighted by Crippen LogP contribution is -2.48. The normalized spacial score (nSPS) is 22.0. The van der Waals surface area contributed by atoms with Gasteiger partial charge in [-0.3, -0.25) is 24.2 Å². The molecule has 0 aromatic carbocycles. The Balaban J connectivity index is 1.56. The molecule has 7 nitrogen and oxygen atoms in total. The van der Waals surface area contributed by atoms with Gasteiger partial charge in [0, 0.05) is 29.9 Å². The topological polar surface area (TPSA) is 87.7 Å². The molecular weight excluding hydrogens is 502 g/mol. The minimum absolute atomic E-state index is 0.169. The van der Waals surface area contributed by atoms with Gasteiger partial charge in [-0.05, 0) is 57.4 Å². The third kappa shape index (κ3) is 6.49. The Morgan fingerprint density at radius 1 is 0.475 bits per heavy atom. The molecule has 4 aliphatic carbocycles. The highest BCUT2D eigenvalue weighted by Crippen LogP contribution is 2.39. The second-order valence-electron chi connectivity index (χ2n) is 12.7. The summed E-state index contributed by atoms with van der Waals surface area (Å²) in [5, 5.41) is 0. The predicted octanol–water partition coefficient (Wildman–Crippen LogP) is 7.12. The maximum atomic E-state index is 14.2. The van der Waals surface area contributed by atoms with Crippen LogP contribution < -0.4 is 9.80 Å². The Kier molecular flexibility index (Phi) is 10.0. The fourth-order valence-corrected chi connectivity index (χ4v) is 7.56. The minimum atomic E-state index is -0.217. The van der Waals surface area contributed by atoms with Gasteiger partial charge in [-0.15, -0.1) is 0 Å². The lowest BCUT2D eigenvalue weighted by molar-refractivity contribution is -0.133. The van der Waals surface area contributed by atoms with Crippen molar-refractivity contribution in [3.63, 3.8) is 0 Å². The van der Waals surface area contributed by atoms with E-state index in [1.807, 2.05) is 0 Å². The van der Waals surface area contributed by atoms with E-state index in [1.165, 1.54) is 9.80 Å². The molecule has 0 radical (unpaired) electrons. The van der Waals surface area contributed by atoms with Gasteiger partial charge in [-0.25, -0.2) is 9.80 Å². The minimum Gasteiger partial charge on any atom is -0.274 e. The number of hydrogen-bond donors (Lipinski definition) is 0. The predicted molar refractivity (Wildman–Crippen MR) is 156 cm³/mol. The van der Waals surface area contributed by atoms with Crippen molar-refractivity contribution in [1.82, 2.24) is 4.98 Å². The number of nitrogens with zero attached hydrogens (tertiary/aromatic N) is 3. The fraction of sp³-hybridized carbons (Fsp3) is 0.727. The van der Waals surface area contributed by atoms with E-state index < -0.39 is 0 Å². The van der Waals surface area contributed by atoms with E-state index in [-0.39, 0.29) is 47.3 Å². The molecule has 4 aliphatic rings. The molecule has 1 heterocycles. The molecule has 5 rings (SSSR count). The van der Waals surface area contributed by atoms with Gasteiger partial charge in [0.15, 0.2) is 0 Å². The van der Waals surface area contributed by atoms with Crippen LogP contribution in [0.3, 0.4) is 0 Å². The zero-order chi connectivity index (χ0) is 27.9. The average molecular weight is 550 g/mol. The number of hydrogen-bond acceptors (Lipinski definition) is 5. The van der Waals surface area contributed by atoms with Crippen molar-refractivity contribution in [2.24, 2.45) is 23.7 Å². The van der Waals surface area contributed by atoms with E-state index in [9.17, 15) is 19.2 Å². The van der Waals surface area contributed by atoms with Gasteiger partial charge in [0.25, 0.3) is 0 Å². The molecule has 4 fully saturated rings. The van der Waals surface area contributed by atoms with Crippen LogP contribution in [0.4, 0.5) is 11.4 Å². The van der Waals surface area contributed by atoms with Crippen LogP contribution in [0, 0.1) is 23.7 Å². The van der Waals surface area contributed by atoms with Crippen LogP contribution in [0.5, 0.6) is 0 Å². The zero-order valence-electron chi connectivity index (χ0n) is 24.2. The summed E-state index contributed by atoms with van der Waals surface area (Å²) in [5.74, 6) is -1.55. The molecule has 0 aliphatic heterocycles. The Morgan fingerprint density at radius 2 is 0.775 bits per heavy atom. The average Bonchev–Trinajstić information content (AvgIpc) is 3.03. The number of rotatable bonds is 6. The summed E-state index contributed by atoms with van der Waals surface area (Å²) in [5.41, 5.74) is 0.691. The lowest BCUT2D eigenvalue weighted by atomic mass is 9.85. The molecule has 0 spiro atoms.